The highest BCUT2D eigenvalue weighted by Crippen LogP contribution is 2.02. The number of nitrogens with one attached hydrogen (secondary N) is 2. The number of ether oxygens (including phenoxy) is 1. The molecule has 5 nitrogen and oxygen atoms in total. The Kier molecular flexibility index (Phi) is 8.19. The van der Waals surface area contributed by atoms with Crippen molar-refractivity contribution in [2.75, 3.05) is 13.7 Å². The first kappa shape index (κ1) is 15.7. The van der Waals surface area contributed by atoms with Gasteiger partial charge in [-0.15, -0.1) is 0 Å². The first-order valence-electron chi connectivity index (χ1n) is 6.15. The van der Waals surface area contributed by atoms with Gasteiger partial charge in [0.05, 0.1) is 7.11 Å². The molecule has 17 heavy (non-hydrogen) atoms. The number of hydrogen-bond acceptors (Lipinski definition) is 3. The van der Waals surface area contributed by atoms with Crippen LogP contribution in [0.15, 0.2) is 0 Å². The lowest BCUT2D eigenvalue weighted by molar-refractivity contribution is -0.124. The van der Waals surface area contributed by atoms with Crippen LogP contribution in [0.4, 0.5) is 4.79 Å². The van der Waals surface area contributed by atoms with Gasteiger partial charge in [0.15, 0.2) is 0 Å². The summed E-state index contributed by atoms with van der Waals surface area (Å²) in [5, 5.41) is 5.35. The Balaban J connectivity index is 4.11. The summed E-state index contributed by atoms with van der Waals surface area (Å²) in [5.41, 5.74) is 0. The van der Waals surface area contributed by atoms with Gasteiger partial charge < -0.3 is 15.4 Å². The predicted octanol–water partition coefficient (Wildman–Crippen LogP) is 1.67. The highest BCUT2D eigenvalue weighted by molar-refractivity contribution is 5.85. The van der Waals surface area contributed by atoms with E-state index in [1.54, 1.807) is 0 Å². The van der Waals surface area contributed by atoms with E-state index >= 15 is 0 Å². The largest absolute Gasteiger partial charge is 0.453 e. The van der Waals surface area contributed by atoms with Crippen molar-refractivity contribution in [3.05, 3.63) is 0 Å². The number of unbranched alkanes of at least 4 members (excludes halogenated alkanes) is 2. The van der Waals surface area contributed by atoms with Gasteiger partial charge in [-0.1, -0.05) is 33.6 Å². The molecule has 0 aromatic carbocycles. The van der Waals surface area contributed by atoms with Gasteiger partial charge >= 0.3 is 6.09 Å². The molecular weight excluding hydrogens is 220 g/mol. The molecule has 0 aromatic rings. The number of carbonyl (C=O) groups excluding carboxylic acids is 2. The van der Waals surface area contributed by atoms with Crippen molar-refractivity contribution < 1.29 is 14.3 Å². The topological polar surface area (TPSA) is 67.4 Å². The third-order valence-corrected chi connectivity index (χ3v) is 2.49. The van der Waals surface area contributed by atoms with Crippen LogP contribution >= 0.6 is 0 Å². The molecule has 0 spiro atoms. The zero-order valence-electron chi connectivity index (χ0n) is 11.2. The Morgan fingerprint density at radius 2 is 1.88 bits per heavy atom. The average molecular weight is 244 g/mol. The summed E-state index contributed by atoms with van der Waals surface area (Å²) in [6.45, 7) is 6.52. The maximum Gasteiger partial charge on any atom is 0.407 e. The minimum absolute atomic E-state index is 0.0280. The average Bonchev–Trinajstić information content (AvgIpc) is 2.30. The van der Waals surface area contributed by atoms with Crippen LogP contribution in [0.25, 0.3) is 0 Å². The zero-order chi connectivity index (χ0) is 13.3. The molecule has 100 valence electrons. The summed E-state index contributed by atoms with van der Waals surface area (Å²) < 4.78 is 4.49. The Morgan fingerprint density at radius 1 is 1.24 bits per heavy atom. The van der Waals surface area contributed by atoms with Crippen molar-refractivity contribution in [2.45, 2.75) is 46.1 Å². The normalized spacial score (nSPS) is 12.1. The lowest BCUT2D eigenvalue weighted by Crippen LogP contribution is -2.49. The van der Waals surface area contributed by atoms with Crippen molar-refractivity contribution in [1.82, 2.24) is 10.6 Å². The SMILES string of the molecule is CCCCCNC(=O)C(NC(=O)OC)C(C)C. The fourth-order valence-electron chi connectivity index (χ4n) is 1.42. The lowest BCUT2D eigenvalue weighted by atomic mass is 10.0. The van der Waals surface area contributed by atoms with E-state index in [2.05, 4.69) is 22.3 Å². The first-order valence-corrected chi connectivity index (χ1v) is 6.15. The second kappa shape index (κ2) is 8.84. The molecule has 2 N–H and O–H groups in total. The van der Waals surface area contributed by atoms with Crippen LogP contribution in [0, 0.1) is 5.92 Å². The summed E-state index contributed by atoms with van der Waals surface area (Å²) in [5.74, 6) is -0.123. The fourth-order valence-corrected chi connectivity index (χ4v) is 1.42. The molecule has 0 saturated carbocycles. The second-order valence-corrected chi connectivity index (χ2v) is 4.36. The van der Waals surface area contributed by atoms with Crippen LogP contribution in [0.3, 0.4) is 0 Å². The predicted molar refractivity (Wildman–Crippen MR) is 66.7 cm³/mol. The van der Waals surface area contributed by atoms with Crippen molar-refractivity contribution in [1.29, 1.82) is 0 Å². The maximum atomic E-state index is 11.8. The Labute approximate surface area is 103 Å². The molecule has 1 unspecified atom stereocenters. The summed E-state index contributed by atoms with van der Waals surface area (Å²) in [6.07, 6.45) is 2.60. The van der Waals surface area contributed by atoms with Crippen molar-refractivity contribution in [2.24, 2.45) is 5.92 Å². The van der Waals surface area contributed by atoms with Crippen LogP contribution < -0.4 is 10.6 Å². The molecule has 0 saturated heterocycles. The van der Waals surface area contributed by atoms with Crippen LogP contribution in [0.1, 0.15) is 40.0 Å². The first-order chi connectivity index (χ1) is 8.02. The van der Waals surface area contributed by atoms with E-state index in [1.165, 1.54) is 7.11 Å². The highest BCUT2D eigenvalue weighted by Gasteiger charge is 2.23. The second-order valence-electron chi connectivity index (χ2n) is 4.36. The number of methoxy groups -OCH3 is 1. The van der Waals surface area contributed by atoms with Gasteiger partial charge in [-0.3, -0.25) is 4.79 Å². The molecular formula is C12H24N2O3. The quantitative estimate of drug-likeness (QED) is 0.669. The Morgan fingerprint density at radius 3 is 2.35 bits per heavy atom. The van der Waals surface area contributed by atoms with E-state index in [-0.39, 0.29) is 11.8 Å². The molecule has 0 heterocycles. The summed E-state index contributed by atoms with van der Waals surface area (Å²) >= 11 is 0. The fraction of sp³-hybridized carbons (Fsp3) is 0.833. The van der Waals surface area contributed by atoms with Gasteiger partial charge in [-0.2, -0.15) is 0 Å². The van der Waals surface area contributed by atoms with Crippen LogP contribution in [0.2, 0.25) is 0 Å². The van der Waals surface area contributed by atoms with Gasteiger partial charge in [0.1, 0.15) is 6.04 Å². The highest BCUT2D eigenvalue weighted by atomic mass is 16.5. The van der Waals surface area contributed by atoms with Gasteiger partial charge in [0, 0.05) is 6.54 Å². The minimum atomic E-state index is -0.576. The molecule has 0 fully saturated rings. The molecule has 0 aliphatic rings. The number of carbonyl (C=O) groups is 2. The van der Waals surface area contributed by atoms with Crippen molar-refractivity contribution >= 4 is 12.0 Å². The molecule has 0 bridgehead atoms. The molecule has 0 radical (unpaired) electrons. The molecule has 2 amide bonds. The van der Waals surface area contributed by atoms with Crippen LogP contribution in [0.5, 0.6) is 0 Å². The molecule has 5 heteroatoms. The van der Waals surface area contributed by atoms with Crippen LogP contribution in [-0.2, 0) is 9.53 Å². The van der Waals surface area contributed by atoms with Gasteiger partial charge in [-0.05, 0) is 12.3 Å². The van der Waals surface area contributed by atoms with E-state index in [9.17, 15) is 9.59 Å². The lowest BCUT2D eigenvalue weighted by Gasteiger charge is -2.20. The summed E-state index contributed by atoms with van der Waals surface area (Å²) in [6, 6.07) is -0.538. The maximum absolute atomic E-state index is 11.8. The standard InChI is InChI=1S/C12H24N2O3/c1-5-6-7-8-13-11(15)10(9(2)3)14-12(16)17-4/h9-10H,5-8H2,1-4H3,(H,13,15)(H,14,16). The number of hydrogen-bond donors (Lipinski definition) is 2. The van der Waals surface area contributed by atoms with Crippen LogP contribution in [-0.4, -0.2) is 31.7 Å². The Bertz CT molecular complexity index is 242. The van der Waals surface area contributed by atoms with Gasteiger partial charge in [0.2, 0.25) is 5.91 Å². The molecule has 0 aliphatic heterocycles. The molecule has 0 aromatic heterocycles. The number of rotatable bonds is 7. The van der Waals surface area contributed by atoms with Gasteiger partial charge in [-0.25, -0.2) is 4.79 Å². The number of alkyl carbamates (subject to hydrolysis) is 1. The van der Waals surface area contributed by atoms with E-state index in [0.717, 1.165) is 19.3 Å². The van der Waals surface area contributed by atoms with Crippen molar-refractivity contribution in [3.8, 4) is 0 Å². The molecule has 1 atom stereocenters. The minimum Gasteiger partial charge on any atom is -0.453 e. The van der Waals surface area contributed by atoms with E-state index < -0.39 is 12.1 Å². The zero-order valence-corrected chi connectivity index (χ0v) is 11.2. The third-order valence-electron chi connectivity index (χ3n) is 2.49. The summed E-state index contributed by atoms with van der Waals surface area (Å²) in [7, 11) is 1.28. The smallest absolute Gasteiger partial charge is 0.407 e. The Hall–Kier alpha value is -1.26. The summed E-state index contributed by atoms with van der Waals surface area (Å²) in [4.78, 5) is 22.9. The third kappa shape index (κ3) is 6.81. The van der Waals surface area contributed by atoms with Gasteiger partial charge in [0.25, 0.3) is 0 Å². The monoisotopic (exact) mass is 244 g/mol. The van der Waals surface area contributed by atoms with E-state index in [4.69, 9.17) is 0 Å². The molecule has 0 aliphatic carbocycles. The van der Waals surface area contributed by atoms with Crippen molar-refractivity contribution in [3.63, 3.8) is 0 Å². The molecule has 0 rings (SSSR count). The number of amides is 2. The van der Waals surface area contributed by atoms with E-state index in [0.29, 0.717) is 6.54 Å². The van der Waals surface area contributed by atoms with E-state index in [1.807, 2.05) is 13.8 Å².